The van der Waals surface area contributed by atoms with E-state index in [0.717, 1.165) is 37.7 Å². The molecule has 0 aromatic heterocycles. The molecule has 0 rings (SSSR count). The molecule has 0 unspecified atom stereocenters. The Morgan fingerprint density at radius 1 is 0.469 bits per heavy atom. The molecule has 0 aliphatic rings. The fraction of sp³-hybridized carbons (Fsp3) is 1.00. The second-order valence-corrected chi connectivity index (χ2v) is 13.3. The van der Waals surface area contributed by atoms with Gasteiger partial charge in [-0.15, -0.1) is 0 Å². The van der Waals surface area contributed by atoms with Crippen LogP contribution in [0.4, 0.5) is 17.3 Å². The van der Waals surface area contributed by atoms with E-state index in [9.17, 15) is 32.6 Å². The van der Waals surface area contributed by atoms with Crippen LogP contribution in [0, 0.1) is 0 Å². The van der Waals surface area contributed by atoms with Gasteiger partial charge in [-0.2, -0.15) is 0 Å². The number of hydrogen-bond donors (Lipinski definition) is 3. The summed E-state index contributed by atoms with van der Waals surface area (Å²) in [4.78, 5) is 0. The first-order valence-electron chi connectivity index (χ1n) is 12.8. The molecule has 0 radical (unpaired) electrons. The topological polar surface area (TPSA) is 60.7 Å². The van der Waals surface area contributed by atoms with E-state index in [0.29, 0.717) is 0 Å². The summed E-state index contributed by atoms with van der Waals surface area (Å²) in [7, 11) is -7.11. The predicted octanol–water partition coefficient (Wildman–Crippen LogP) is 7.15. The smallest absolute Gasteiger partial charge is 0.418 e. The van der Waals surface area contributed by atoms with Crippen LogP contribution in [0.5, 0.6) is 0 Å². The zero-order chi connectivity index (χ0) is 24.6. The van der Waals surface area contributed by atoms with Gasteiger partial charge in [0.25, 0.3) is 0 Å². The third-order valence-electron chi connectivity index (χ3n) is 5.86. The summed E-state index contributed by atoms with van der Waals surface area (Å²) in [6.45, 7) is 3.10. The normalized spacial score (nSPS) is 12.0. The van der Waals surface area contributed by atoms with Crippen molar-refractivity contribution in [3.8, 4) is 0 Å². The first kappa shape index (κ1) is 34.3. The van der Waals surface area contributed by atoms with E-state index in [-0.39, 0.29) is 19.8 Å². The quantitative estimate of drug-likeness (QED) is 0.0651. The molecule has 0 aliphatic heterocycles. The molecule has 0 saturated carbocycles. The van der Waals surface area contributed by atoms with Crippen molar-refractivity contribution in [1.29, 1.82) is 0 Å². The van der Waals surface area contributed by atoms with Crippen molar-refractivity contribution < 1.29 is 32.6 Å². The van der Waals surface area contributed by atoms with Gasteiger partial charge in [0.05, 0.1) is 24.6 Å². The molecule has 3 N–H and O–H groups in total. The van der Waals surface area contributed by atoms with Gasteiger partial charge in [-0.25, -0.2) is 0 Å². The maximum absolute atomic E-state index is 9.75. The van der Waals surface area contributed by atoms with Gasteiger partial charge in [-0.3, -0.25) is 0 Å². The summed E-state index contributed by atoms with van der Waals surface area (Å²) in [5.74, 6) is 0. The van der Waals surface area contributed by atoms with E-state index in [2.05, 4.69) is 6.92 Å². The number of hydrogen-bond acceptors (Lipinski definition) is 3. The van der Waals surface area contributed by atoms with E-state index in [1.165, 1.54) is 83.2 Å². The van der Waals surface area contributed by atoms with Crippen LogP contribution >= 0.6 is 7.26 Å². The molecule has 196 valence electrons. The molecule has 0 bridgehead atoms. The summed E-state index contributed by atoms with van der Waals surface area (Å²) >= 11 is 0. The molecule has 0 aromatic rings. The standard InChI is InChI=1S/C23H50O3P.BF4/c1-2-3-4-5-6-7-8-9-10-11-12-13-20-27(21-14-17-24,22-15-18-25)23-16-19-26;2-1(3,4)5/h24-26H,2-23H2,1H3;/q+1;-1. The molecule has 0 aromatic carbocycles. The van der Waals surface area contributed by atoms with Crippen LogP contribution in [0.1, 0.15) is 103 Å². The molecule has 9 heteroatoms. The molecule has 0 amide bonds. The minimum absolute atomic E-state index is 0.276. The van der Waals surface area contributed by atoms with Gasteiger partial charge in [-0.05, 0) is 12.8 Å². The number of aliphatic hydroxyl groups is 3. The highest BCUT2D eigenvalue weighted by molar-refractivity contribution is 7.75. The van der Waals surface area contributed by atoms with Crippen molar-refractivity contribution in [3.05, 3.63) is 0 Å². The van der Waals surface area contributed by atoms with E-state index >= 15 is 0 Å². The van der Waals surface area contributed by atoms with Gasteiger partial charge in [0.2, 0.25) is 0 Å². The van der Waals surface area contributed by atoms with Crippen molar-refractivity contribution >= 4 is 14.5 Å². The van der Waals surface area contributed by atoms with Gasteiger partial charge < -0.3 is 32.6 Å². The van der Waals surface area contributed by atoms with Gasteiger partial charge in [0.1, 0.15) is 0 Å². The Morgan fingerprint density at radius 2 is 0.719 bits per heavy atom. The van der Waals surface area contributed by atoms with Crippen LogP contribution in [-0.2, 0) is 0 Å². The summed E-state index contributed by atoms with van der Waals surface area (Å²) in [5.41, 5.74) is 0. The van der Waals surface area contributed by atoms with Crippen molar-refractivity contribution in [1.82, 2.24) is 0 Å². The molecular weight excluding hydrogens is 442 g/mol. The van der Waals surface area contributed by atoms with Crippen LogP contribution in [0.2, 0.25) is 0 Å². The highest BCUT2D eigenvalue weighted by atomic mass is 31.2. The number of aliphatic hydroxyl groups excluding tert-OH is 3. The van der Waals surface area contributed by atoms with Crippen molar-refractivity contribution in [2.24, 2.45) is 0 Å². The maximum atomic E-state index is 9.75. The molecule has 0 aliphatic carbocycles. The summed E-state index contributed by atoms with van der Waals surface area (Å²) in [6, 6.07) is 0. The Morgan fingerprint density at radius 3 is 1.00 bits per heavy atom. The summed E-state index contributed by atoms with van der Waals surface area (Å²) < 4.78 is 39.0. The van der Waals surface area contributed by atoms with Crippen molar-refractivity contribution in [2.45, 2.75) is 103 Å². The molecular formula is C23H50BF4O3P. The molecule has 0 heterocycles. The lowest BCUT2D eigenvalue weighted by Crippen LogP contribution is -2.15. The zero-order valence-electron chi connectivity index (χ0n) is 20.4. The predicted molar refractivity (Wildman–Crippen MR) is 133 cm³/mol. The minimum atomic E-state index is -6.00. The fourth-order valence-corrected chi connectivity index (χ4v) is 8.85. The molecule has 3 nitrogen and oxygen atoms in total. The van der Waals surface area contributed by atoms with E-state index < -0.39 is 14.5 Å². The average molecular weight is 492 g/mol. The van der Waals surface area contributed by atoms with E-state index in [4.69, 9.17) is 0 Å². The Labute approximate surface area is 195 Å². The van der Waals surface area contributed by atoms with Crippen LogP contribution in [-0.4, -0.2) is 67.0 Å². The Kier molecular flexibility index (Phi) is 25.9. The molecule has 0 saturated heterocycles. The number of rotatable bonds is 22. The van der Waals surface area contributed by atoms with Crippen molar-refractivity contribution in [3.63, 3.8) is 0 Å². The lowest BCUT2D eigenvalue weighted by Gasteiger charge is -2.27. The van der Waals surface area contributed by atoms with Crippen molar-refractivity contribution in [2.75, 3.05) is 44.5 Å². The lowest BCUT2D eigenvalue weighted by atomic mass is 10.1. The minimum Gasteiger partial charge on any atom is -0.418 e. The summed E-state index contributed by atoms with van der Waals surface area (Å²) in [5, 5.41) is 27.8. The Bertz CT molecular complexity index is 350. The van der Waals surface area contributed by atoms with E-state index in [1.807, 2.05) is 0 Å². The first-order valence-corrected chi connectivity index (χ1v) is 15.3. The monoisotopic (exact) mass is 492 g/mol. The highest BCUT2D eigenvalue weighted by Crippen LogP contribution is 2.60. The van der Waals surface area contributed by atoms with Crippen LogP contribution in [0.15, 0.2) is 0 Å². The lowest BCUT2D eigenvalue weighted by molar-refractivity contribution is 0.292. The van der Waals surface area contributed by atoms with E-state index in [1.54, 1.807) is 0 Å². The summed E-state index contributed by atoms with van der Waals surface area (Å²) in [6.07, 6.45) is 24.0. The van der Waals surface area contributed by atoms with Gasteiger partial charge in [0, 0.05) is 46.3 Å². The zero-order valence-corrected chi connectivity index (χ0v) is 21.3. The maximum Gasteiger partial charge on any atom is 0.673 e. The van der Waals surface area contributed by atoms with Crippen LogP contribution < -0.4 is 0 Å². The SMILES string of the molecule is CCCCCCCCCCCCCC[P+](CCCO)(CCCO)CCCO.F[B-](F)(F)F. The molecule has 32 heavy (non-hydrogen) atoms. The first-order chi connectivity index (χ1) is 15.2. The third kappa shape index (κ3) is 28.1. The van der Waals surface area contributed by atoms with Crippen LogP contribution in [0.3, 0.4) is 0 Å². The average Bonchev–Trinajstić information content (AvgIpc) is 2.74. The Balaban J connectivity index is 0. The molecule has 0 atom stereocenters. The Hall–Kier alpha value is 0.0949. The highest BCUT2D eigenvalue weighted by Gasteiger charge is 2.34. The fourth-order valence-electron chi connectivity index (χ4n) is 4.18. The van der Waals surface area contributed by atoms with Crippen LogP contribution in [0.25, 0.3) is 0 Å². The second kappa shape index (κ2) is 24.2. The van der Waals surface area contributed by atoms with Gasteiger partial charge in [-0.1, -0.05) is 71.1 Å². The molecule has 0 fully saturated rings. The van der Waals surface area contributed by atoms with Gasteiger partial charge in [0.15, 0.2) is 0 Å². The molecule has 0 spiro atoms. The number of halogens is 4. The number of unbranched alkanes of at least 4 members (excludes halogenated alkanes) is 11. The van der Waals surface area contributed by atoms with Gasteiger partial charge >= 0.3 is 7.25 Å². The largest absolute Gasteiger partial charge is 0.673 e. The second-order valence-electron chi connectivity index (χ2n) is 8.85. The third-order valence-corrected chi connectivity index (χ3v) is 10.9.